The van der Waals surface area contributed by atoms with Crippen molar-refractivity contribution >= 4 is 16.9 Å². The Morgan fingerprint density at radius 2 is 1.30 bits per heavy atom. The van der Waals surface area contributed by atoms with Crippen molar-refractivity contribution in [2.24, 2.45) is 5.92 Å². The highest BCUT2D eigenvalue weighted by molar-refractivity contribution is 6.35. The molecule has 0 bridgehead atoms. The monoisotopic (exact) mass is 566 g/mol. The average Bonchev–Trinajstić information content (AvgIpc) is 3.20. The molecule has 0 fully saturated rings. The zero-order valence-electron chi connectivity index (χ0n) is 24.2. The van der Waals surface area contributed by atoms with E-state index in [0.717, 1.165) is 57.7 Å². The number of ether oxygens (including phenoxy) is 2. The van der Waals surface area contributed by atoms with Gasteiger partial charge >= 0.3 is 0 Å². The molecule has 43 heavy (non-hydrogen) atoms. The third kappa shape index (κ3) is 6.54. The number of hydrogen-bond donors (Lipinski definition) is 1. The topological polar surface area (TPSA) is 55.8 Å². The smallest absolute Gasteiger partial charge is 0.193 e. The van der Waals surface area contributed by atoms with Gasteiger partial charge in [-0.15, -0.1) is 0 Å². The van der Waals surface area contributed by atoms with Gasteiger partial charge in [0.1, 0.15) is 30.5 Å². The quantitative estimate of drug-likeness (QED) is 0.181. The van der Waals surface area contributed by atoms with Crippen molar-refractivity contribution in [1.29, 1.82) is 0 Å². The highest BCUT2D eigenvalue weighted by atomic mass is 16.5. The van der Waals surface area contributed by atoms with Crippen LogP contribution in [0.5, 0.6) is 17.2 Å². The van der Waals surface area contributed by atoms with Crippen molar-refractivity contribution in [2.75, 3.05) is 0 Å². The number of fused-ring (bicyclic) bond motifs is 1. The molecule has 5 aromatic carbocycles. The van der Waals surface area contributed by atoms with Gasteiger partial charge in [-0.05, 0) is 101 Å². The maximum Gasteiger partial charge on any atom is 0.193 e. The Hall–Kier alpha value is -5.09. The van der Waals surface area contributed by atoms with Crippen LogP contribution in [-0.4, -0.2) is 10.9 Å². The molecule has 0 radical (unpaired) electrons. The molecule has 1 aliphatic rings. The number of carbonyl (C=O) groups excluding carboxylic acids is 1. The summed E-state index contributed by atoms with van der Waals surface area (Å²) in [6.45, 7) is 3.17. The molecule has 0 aromatic heterocycles. The Labute approximate surface area is 252 Å². The summed E-state index contributed by atoms with van der Waals surface area (Å²) < 4.78 is 12.2. The summed E-state index contributed by atoms with van der Waals surface area (Å²) in [5.41, 5.74) is 7.48. The molecule has 0 amide bonds. The van der Waals surface area contributed by atoms with Crippen LogP contribution >= 0.6 is 0 Å². The first kappa shape index (κ1) is 28.0. The van der Waals surface area contributed by atoms with E-state index in [1.165, 1.54) is 0 Å². The third-order valence-corrected chi connectivity index (χ3v) is 7.97. The van der Waals surface area contributed by atoms with Crippen LogP contribution in [0.1, 0.15) is 51.5 Å². The molecular formula is C39H34O4. The summed E-state index contributed by atoms with van der Waals surface area (Å²) in [7, 11) is 0. The van der Waals surface area contributed by atoms with Crippen LogP contribution in [-0.2, 0) is 19.6 Å². The fourth-order valence-electron chi connectivity index (χ4n) is 5.66. The van der Waals surface area contributed by atoms with E-state index in [1.807, 2.05) is 84.9 Å². The molecule has 1 unspecified atom stereocenters. The van der Waals surface area contributed by atoms with E-state index in [9.17, 15) is 9.90 Å². The zero-order valence-corrected chi connectivity index (χ0v) is 24.2. The minimum Gasteiger partial charge on any atom is -0.508 e. The van der Waals surface area contributed by atoms with E-state index in [1.54, 1.807) is 24.3 Å². The first-order valence-electron chi connectivity index (χ1n) is 14.7. The van der Waals surface area contributed by atoms with Crippen molar-refractivity contribution in [1.82, 2.24) is 0 Å². The molecule has 4 nitrogen and oxygen atoms in total. The Balaban J connectivity index is 1.37. The molecule has 1 N–H and O–H groups in total. The SMILES string of the molecule is CC1CCc2cc(OCc3ccccc3)ccc2C(C(=O)c2ccc(O)cc2)=C1c1ccc(OCc2ccccc2)cc1. The minimum absolute atomic E-state index is 0.0626. The molecule has 5 aromatic rings. The Kier molecular flexibility index (Phi) is 8.37. The summed E-state index contributed by atoms with van der Waals surface area (Å²) in [4.78, 5) is 14.3. The molecule has 214 valence electrons. The first-order chi connectivity index (χ1) is 21.0. The number of Topliss-reactive ketones (excluding diaryl/α,β-unsaturated/α-hetero) is 1. The van der Waals surface area contributed by atoms with Gasteiger partial charge in [-0.2, -0.15) is 0 Å². The molecule has 0 saturated carbocycles. The minimum atomic E-state index is -0.0626. The van der Waals surface area contributed by atoms with Crippen LogP contribution in [0.25, 0.3) is 11.1 Å². The second-order valence-corrected chi connectivity index (χ2v) is 11.0. The lowest BCUT2D eigenvalue weighted by atomic mass is 9.84. The average molecular weight is 567 g/mol. The first-order valence-corrected chi connectivity index (χ1v) is 14.7. The zero-order chi connectivity index (χ0) is 29.6. The number of ketones is 1. The maximum atomic E-state index is 14.3. The van der Waals surface area contributed by atoms with E-state index in [-0.39, 0.29) is 17.5 Å². The predicted octanol–water partition coefficient (Wildman–Crippen LogP) is 8.93. The van der Waals surface area contributed by atoms with Crippen molar-refractivity contribution < 1.29 is 19.4 Å². The number of hydrogen-bond acceptors (Lipinski definition) is 4. The van der Waals surface area contributed by atoms with E-state index in [4.69, 9.17) is 9.47 Å². The normalized spacial score (nSPS) is 14.5. The fraction of sp³-hybridized carbons (Fsp3) is 0.154. The largest absolute Gasteiger partial charge is 0.508 e. The Morgan fingerprint density at radius 3 is 1.93 bits per heavy atom. The fourth-order valence-corrected chi connectivity index (χ4v) is 5.66. The van der Waals surface area contributed by atoms with Gasteiger partial charge in [-0.1, -0.05) is 85.8 Å². The number of aryl methyl sites for hydroxylation is 1. The van der Waals surface area contributed by atoms with Gasteiger partial charge in [0.25, 0.3) is 0 Å². The molecule has 0 aliphatic heterocycles. The number of phenolic OH excluding ortho intramolecular Hbond substituents is 1. The number of benzene rings is 5. The summed E-state index contributed by atoms with van der Waals surface area (Å²) in [5.74, 6) is 1.77. The van der Waals surface area contributed by atoms with Gasteiger partial charge in [0.05, 0.1) is 0 Å². The molecular weight excluding hydrogens is 532 g/mol. The van der Waals surface area contributed by atoms with Crippen molar-refractivity contribution in [3.8, 4) is 17.2 Å². The standard InChI is InChI=1S/C39H34O4/c1-27-12-13-32-24-35(43-26-29-10-6-3-7-11-29)22-23-36(32)38(39(41)31-14-18-33(40)19-15-31)37(27)30-16-20-34(21-17-30)42-25-28-8-4-2-5-9-28/h2-11,14-24,27,40H,12-13,25-26H2,1H3. The Bertz CT molecular complexity index is 1720. The molecule has 0 spiro atoms. The van der Waals surface area contributed by atoms with Crippen molar-refractivity contribution in [3.05, 3.63) is 161 Å². The lowest BCUT2D eigenvalue weighted by molar-refractivity contribution is 0.105. The van der Waals surface area contributed by atoms with Crippen LogP contribution < -0.4 is 9.47 Å². The highest BCUT2D eigenvalue weighted by Crippen LogP contribution is 2.42. The number of allylic oxidation sites excluding steroid dienone is 2. The van der Waals surface area contributed by atoms with Crippen LogP contribution in [0.15, 0.2) is 127 Å². The van der Waals surface area contributed by atoms with Crippen LogP contribution in [0, 0.1) is 5.92 Å². The number of carbonyl (C=O) groups is 1. The Morgan fingerprint density at radius 1 is 0.721 bits per heavy atom. The third-order valence-electron chi connectivity index (χ3n) is 7.97. The molecule has 0 heterocycles. The number of phenols is 1. The molecule has 1 atom stereocenters. The van der Waals surface area contributed by atoms with E-state index in [0.29, 0.717) is 24.4 Å². The lowest BCUT2D eigenvalue weighted by Gasteiger charge is -2.20. The van der Waals surface area contributed by atoms with E-state index in [2.05, 4.69) is 25.1 Å². The summed E-state index contributed by atoms with van der Waals surface area (Å²) in [6.07, 6.45) is 1.72. The van der Waals surface area contributed by atoms with Gasteiger partial charge in [0.2, 0.25) is 0 Å². The molecule has 4 heteroatoms. The lowest BCUT2D eigenvalue weighted by Crippen LogP contribution is -2.09. The summed E-state index contributed by atoms with van der Waals surface area (Å²) in [6, 6.07) is 40.8. The van der Waals surface area contributed by atoms with Crippen molar-refractivity contribution in [3.63, 3.8) is 0 Å². The maximum absolute atomic E-state index is 14.3. The summed E-state index contributed by atoms with van der Waals surface area (Å²) >= 11 is 0. The van der Waals surface area contributed by atoms with Gasteiger partial charge in [-0.25, -0.2) is 0 Å². The van der Waals surface area contributed by atoms with Gasteiger partial charge in [0, 0.05) is 11.1 Å². The van der Waals surface area contributed by atoms with Crippen LogP contribution in [0.2, 0.25) is 0 Å². The van der Waals surface area contributed by atoms with Gasteiger partial charge in [-0.3, -0.25) is 4.79 Å². The molecule has 1 aliphatic carbocycles. The molecule has 6 rings (SSSR count). The second-order valence-electron chi connectivity index (χ2n) is 11.0. The van der Waals surface area contributed by atoms with Gasteiger partial charge < -0.3 is 14.6 Å². The second kappa shape index (κ2) is 12.8. The van der Waals surface area contributed by atoms with Crippen LogP contribution in [0.3, 0.4) is 0 Å². The van der Waals surface area contributed by atoms with E-state index < -0.39 is 0 Å². The van der Waals surface area contributed by atoms with Gasteiger partial charge in [0.15, 0.2) is 5.78 Å². The highest BCUT2D eigenvalue weighted by Gasteiger charge is 2.29. The number of aromatic hydroxyl groups is 1. The molecule has 0 saturated heterocycles. The predicted molar refractivity (Wildman–Crippen MR) is 171 cm³/mol. The summed E-state index contributed by atoms with van der Waals surface area (Å²) in [5, 5.41) is 9.88. The van der Waals surface area contributed by atoms with Crippen LogP contribution in [0.4, 0.5) is 0 Å². The van der Waals surface area contributed by atoms with E-state index >= 15 is 0 Å². The number of rotatable bonds is 9. The van der Waals surface area contributed by atoms with Crippen molar-refractivity contribution in [2.45, 2.75) is 33.0 Å².